The number of aryl methyl sites for hydroxylation is 2. The van der Waals surface area contributed by atoms with E-state index in [4.69, 9.17) is 23.2 Å². The normalized spacial score (nSPS) is 12.2. The Bertz CT molecular complexity index is 680. The Kier molecular flexibility index (Phi) is 4.92. The molecule has 0 aliphatic carbocycles. The summed E-state index contributed by atoms with van der Waals surface area (Å²) in [5.74, 6) is -1.43. The summed E-state index contributed by atoms with van der Waals surface area (Å²) in [4.78, 5) is 11.6. The van der Waals surface area contributed by atoms with Crippen LogP contribution in [0.2, 0.25) is 10.0 Å². The van der Waals surface area contributed by atoms with E-state index in [0.29, 0.717) is 16.5 Å². The first kappa shape index (κ1) is 15.9. The SMILES string of the molecule is Cc1ccc(C(Cc2ccc(Cl)c(Cl)c2)C(=O)O)c(C)c1. The van der Waals surface area contributed by atoms with E-state index in [1.54, 1.807) is 12.1 Å². The Morgan fingerprint density at radius 3 is 2.38 bits per heavy atom. The quantitative estimate of drug-likeness (QED) is 0.857. The smallest absolute Gasteiger partial charge is 0.311 e. The lowest BCUT2D eigenvalue weighted by molar-refractivity contribution is -0.138. The summed E-state index contributed by atoms with van der Waals surface area (Å²) in [5, 5.41) is 10.5. The number of halogens is 2. The summed E-state index contributed by atoms with van der Waals surface area (Å²) in [6.45, 7) is 3.93. The molecule has 0 amide bonds. The first-order valence-electron chi connectivity index (χ1n) is 6.62. The van der Waals surface area contributed by atoms with E-state index in [9.17, 15) is 9.90 Å². The molecular weight excluding hydrogens is 307 g/mol. The minimum absolute atomic E-state index is 0.385. The van der Waals surface area contributed by atoms with Crippen LogP contribution in [-0.4, -0.2) is 11.1 Å². The summed E-state index contributed by atoms with van der Waals surface area (Å²) in [7, 11) is 0. The van der Waals surface area contributed by atoms with Crippen LogP contribution in [-0.2, 0) is 11.2 Å². The first-order valence-corrected chi connectivity index (χ1v) is 7.38. The molecule has 1 N–H and O–H groups in total. The topological polar surface area (TPSA) is 37.3 Å². The molecule has 0 aliphatic heterocycles. The van der Waals surface area contributed by atoms with Crippen molar-refractivity contribution in [3.8, 4) is 0 Å². The number of hydrogen-bond acceptors (Lipinski definition) is 1. The molecule has 0 spiro atoms. The van der Waals surface area contributed by atoms with Crippen LogP contribution in [0.15, 0.2) is 36.4 Å². The molecule has 0 aliphatic rings. The molecule has 0 saturated heterocycles. The van der Waals surface area contributed by atoms with Crippen molar-refractivity contribution in [1.82, 2.24) is 0 Å². The molecule has 0 bridgehead atoms. The minimum Gasteiger partial charge on any atom is -0.481 e. The molecule has 2 aromatic carbocycles. The van der Waals surface area contributed by atoms with Crippen molar-refractivity contribution in [2.75, 3.05) is 0 Å². The minimum atomic E-state index is -0.840. The van der Waals surface area contributed by atoms with Gasteiger partial charge in [0.25, 0.3) is 0 Å². The van der Waals surface area contributed by atoms with Gasteiger partial charge in [0.05, 0.1) is 16.0 Å². The third-order valence-corrected chi connectivity index (χ3v) is 4.26. The van der Waals surface area contributed by atoms with Crippen LogP contribution >= 0.6 is 23.2 Å². The predicted octanol–water partition coefficient (Wildman–Crippen LogP) is 5.02. The Morgan fingerprint density at radius 1 is 1.10 bits per heavy atom. The zero-order valence-electron chi connectivity index (χ0n) is 11.9. The second kappa shape index (κ2) is 6.50. The molecule has 0 heterocycles. The van der Waals surface area contributed by atoms with Gasteiger partial charge < -0.3 is 5.11 Å². The van der Waals surface area contributed by atoms with Crippen LogP contribution < -0.4 is 0 Å². The summed E-state index contributed by atoms with van der Waals surface area (Å²) >= 11 is 11.9. The van der Waals surface area contributed by atoms with Gasteiger partial charge in [0.2, 0.25) is 0 Å². The second-order valence-electron chi connectivity index (χ2n) is 5.20. The third kappa shape index (κ3) is 3.78. The van der Waals surface area contributed by atoms with Gasteiger partial charge in [-0.3, -0.25) is 4.79 Å². The summed E-state index contributed by atoms with van der Waals surface area (Å²) in [6.07, 6.45) is 0.385. The van der Waals surface area contributed by atoms with Crippen molar-refractivity contribution in [3.05, 3.63) is 68.7 Å². The zero-order chi connectivity index (χ0) is 15.6. The number of carboxylic acid groups (broad SMARTS) is 1. The Morgan fingerprint density at radius 2 is 1.81 bits per heavy atom. The van der Waals surface area contributed by atoms with Gasteiger partial charge in [0, 0.05) is 0 Å². The largest absolute Gasteiger partial charge is 0.481 e. The predicted molar refractivity (Wildman–Crippen MR) is 86.5 cm³/mol. The highest BCUT2D eigenvalue weighted by Crippen LogP contribution is 2.28. The second-order valence-corrected chi connectivity index (χ2v) is 6.02. The maximum atomic E-state index is 11.6. The van der Waals surface area contributed by atoms with Gasteiger partial charge >= 0.3 is 5.97 Å². The van der Waals surface area contributed by atoms with Crippen LogP contribution in [0.3, 0.4) is 0 Å². The average molecular weight is 323 g/mol. The zero-order valence-corrected chi connectivity index (χ0v) is 13.4. The number of carboxylic acids is 1. The highest BCUT2D eigenvalue weighted by atomic mass is 35.5. The van der Waals surface area contributed by atoms with Gasteiger partial charge in [-0.05, 0) is 49.1 Å². The molecule has 1 unspecified atom stereocenters. The maximum absolute atomic E-state index is 11.6. The van der Waals surface area contributed by atoms with Crippen LogP contribution in [0, 0.1) is 13.8 Å². The lowest BCUT2D eigenvalue weighted by atomic mass is 9.88. The standard InChI is InChI=1S/C17H16Cl2O2/c1-10-3-5-13(11(2)7-10)14(17(20)21)8-12-4-6-15(18)16(19)9-12/h3-7,9,14H,8H2,1-2H3,(H,20,21). The third-order valence-electron chi connectivity index (χ3n) is 3.52. The van der Waals surface area contributed by atoms with E-state index < -0.39 is 11.9 Å². The number of benzene rings is 2. The number of rotatable bonds is 4. The van der Waals surface area contributed by atoms with Crippen LogP contribution in [0.25, 0.3) is 0 Å². The molecule has 0 fully saturated rings. The van der Waals surface area contributed by atoms with E-state index in [2.05, 4.69) is 0 Å². The van der Waals surface area contributed by atoms with E-state index in [1.807, 2.05) is 38.1 Å². The lowest BCUT2D eigenvalue weighted by Crippen LogP contribution is -2.15. The highest BCUT2D eigenvalue weighted by Gasteiger charge is 2.22. The van der Waals surface area contributed by atoms with Crippen molar-refractivity contribution in [1.29, 1.82) is 0 Å². The van der Waals surface area contributed by atoms with Crippen molar-refractivity contribution in [2.45, 2.75) is 26.2 Å². The monoisotopic (exact) mass is 322 g/mol. The van der Waals surface area contributed by atoms with E-state index >= 15 is 0 Å². The van der Waals surface area contributed by atoms with Crippen LogP contribution in [0.5, 0.6) is 0 Å². The summed E-state index contributed by atoms with van der Waals surface area (Å²) in [6, 6.07) is 11.1. The van der Waals surface area contributed by atoms with Gasteiger partial charge in [-0.25, -0.2) is 0 Å². The van der Waals surface area contributed by atoms with Crippen LogP contribution in [0.4, 0.5) is 0 Å². The number of aliphatic carboxylic acids is 1. The van der Waals surface area contributed by atoms with Gasteiger partial charge in [-0.2, -0.15) is 0 Å². The first-order chi connectivity index (χ1) is 9.88. The Hall–Kier alpha value is -1.51. The lowest BCUT2D eigenvalue weighted by Gasteiger charge is -2.16. The average Bonchev–Trinajstić information content (AvgIpc) is 2.40. The molecular formula is C17H16Cl2O2. The Balaban J connectivity index is 2.35. The van der Waals surface area contributed by atoms with E-state index in [-0.39, 0.29) is 0 Å². The molecule has 2 nitrogen and oxygen atoms in total. The Labute approximate surface area is 134 Å². The molecule has 4 heteroatoms. The fraction of sp³-hybridized carbons (Fsp3) is 0.235. The van der Waals surface area contributed by atoms with Crippen molar-refractivity contribution in [2.24, 2.45) is 0 Å². The van der Waals surface area contributed by atoms with Crippen LogP contribution in [0.1, 0.15) is 28.2 Å². The van der Waals surface area contributed by atoms with Gasteiger partial charge in [-0.15, -0.1) is 0 Å². The summed E-state index contributed by atoms with van der Waals surface area (Å²) in [5.41, 5.74) is 3.80. The fourth-order valence-electron chi connectivity index (χ4n) is 2.45. The molecule has 2 aromatic rings. The van der Waals surface area contributed by atoms with E-state index in [1.165, 1.54) is 0 Å². The van der Waals surface area contributed by atoms with Crippen molar-refractivity contribution >= 4 is 29.2 Å². The molecule has 0 saturated carbocycles. The number of carbonyl (C=O) groups is 1. The molecule has 2 rings (SSSR count). The maximum Gasteiger partial charge on any atom is 0.311 e. The van der Waals surface area contributed by atoms with Gasteiger partial charge in [-0.1, -0.05) is 53.0 Å². The molecule has 110 valence electrons. The molecule has 0 radical (unpaired) electrons. The van der Waals surface area contributed by atoms with Crippen molar-refractivity contribution < 1.29 is 9.90 Å². The highest BCUT2D eigenvalue weighted by molar-refractivity contribution is 6.42. The molecule has 0 aromatic heterocycles. The molecule has 21 heavy (non-hydrogen) atoms. The molecule has 1 atom stereocenters. The van der Waals surface area contributed by atoms with E-state index in [0.717, 1.165) is 22.3 Å². The fourth-order valence-corrected chi connectivity index (χ4v) is 2.77. The van der Waals surface area contributed by atoms with Crippen molar-refractivity contribution in [3.63, 3.8) is 0 Å². The number of hydrogen-bond donors (Lipinski definition) is 1. The van der Waals surface area contributed by atoms with Gasteiger partial charge in [0.1, 0.15) is 0 Å². The summed E-state index contributed by atoms with van der Waals surface area (Å²) < 4.78 is 0. The van der Waals surface area contributed by atoms with Gasteiger partial charge in [0.15, 0.2) is 0 Å².